The molecule has 4 heteroatoms. The smallest absolute Gasteiger partial charge is 0.250 e. The second kappa shape index (κ2) is 9.96. The molecule has 0 spiro atoms. The number of hydrogen-bond acceptors (Lipinski definition) is 2. The Hall–Kier alpha value is -0.353. The van der Waals surface area contributed by atoms with Gasteiger partial charge in [-0.3, -0.25) is 4.79 Å². The van der Waals surface area contributed by atoms with Gasteiger partial charge in [0.05, 0.1) is 0 Å². The molecular formula is C20H41NO2Si. The van der Waals surface area contributed by atoms with E-state index in [0.29, 0.717) is 16.6 Å². The van der Waals surface area contributed by atoms with Gasteiger partial charge in [-0.25, -0.2) is 0 Å². The Morgan fingerprint density at radius 1 is 1.04 bits per heavy atom. The molecule has 1 amide bonds. The van der Waals surface area contributed by atoms with Gasteiger partial charge >= 0.3 is 0 Å². The zero-order valence-electron chi connectivity index (χ0n) is 17.2. The summed E-state index contributed by atoms with van der Waals surface area (Å²) < 4.78 is 6.78. The van der Waals surface area contributed by atoms with E-state index in [1.165, 1.54) is 19.3 Å². The Kier molecular flexibility index (Phi) is 9.00. The molecule has 0 bridgehead atoms. The number of amides is 1. The van der Waals surface area contributed by atoms with E-state index in [-0.39, 0.29) is 12.0 Å². The van der Waals surface area contributed by atoms with Crippen LogP contribution >= 0.6 is 0 Å². The van der Waals surface area contributed by atoms with Crippen molar-refractivity contribution in [2.45, 2.75) is 110 Å². The van der Waals surface area contributed by atoms with Crippen molar-refractivity contribution in [3.63, 3.8) is 0 Å². The molecule has 1 aliphatic heterocycles. The summed E-state index contributed by atoms with van der Waals surface area (Å²) in [5.74, 6) is 0.261. The molecule has 1 rings (SSSR count). The predicted molar refractivity (Wildman–Crippen MR) is 106 cm³/mol. The lowest BCUT2D eigenvalue weighted by molar-refractivity contribution is -0.143. The van der Waals surface area contributed by atoms with E-state index in [2.05, 4.69) is 53.4 Å². The van der Waals surface area contributed by atoms with Crippen molar-refractivity contribution >= 4 is 14.2 Å². The molecule has 3 nitrogen and oxygen atoms in total. The molecule has 1 aliphatic rings. The lowest BCUT2D eigenvalue weighted by Crippen LogP contribution is -2.55. The molecule has 1 heterocycles. The first-order valence-corrected chi connectivity index (χ1v) is 12.4. The largest absolute Gasteiger partial charge is 0.404 e. The van der Waals surface area contributed by atoms with Gasteiger partial charge in [0.2, 0.25) is 14.2 Å². The fraction of sp³-hybridized carbons (Fsp3) is 0.950. The highest BCUT2D eigenvalue weighted by molar-refractivity contribution is 6.77. The van der Waals surface area contributed by atoms with Gasteiger partial charge in [0.25, 0.3) is 0 Å². The van der Waals surface area contributed by atoms with Gasteiger partial charge < -0.3 is 9.33 Å². The summed E-state index contributed by atoms with van der Waals surface area (Å²) in [6.45, 7) is 17.8. The van der Waals surface area contributed by atoms with Crippen molar-refractivity contribution < 1.29 is 9.22 Å². The van der Waals surface area contributed by atoms with E-state index in [4.69, 9.17) is 4.43 Å². The van der Waals surface area contributed by atoms with Gasteiger partial charge in [0.15, 0.2) is 0 Å². The van der Waals surface area contributed by atoms with Crippen LogP contribution in [0.2, 0.25) is 16.6 Å². The molecule has 0 N–H and O–H groups in total. The highest BCUT2D eigenvalue weighted by Crippen LogP contribution is 2.43. The van der Waals surface area contributed by atoms with E-state index < -0.39 is 8.32 Å². The molecule has 1 atom stereocenters. The highest BCUT2D eigenvalue weighted by atomic mass is 28.4. The number of hydrogen-bond donors (Lipinski definition) is 0. The van der Waals surface area contributed by atoms with Crippen LogP contribution < -0.4 is 0 Å². The Labute approximate surface area is 151 Å². The second-order valence-corrected chi connectivity index (χ2v) is 13.9. The number of piperidine rings is 1. The molecule has 142 valence electrons. The molecule has 0 aromatic carbocycles. The number of carbonyl (C=O) groups is 1. The van der Waals surface area contributed by atoms with Crippen LogP contribution in [-0.4, -0.2) is 38.3 Å². The van der Waals surface area contributed by atoms with Crippen LogP contribution in [0.25, 0.3) is 0 Å². The first kappa shape index (κ1) is 21.7. The minimum atomic E-state index is -1.98. The molecule has 0 aromatic heterocycles. The molecule has 1 unspecified atom stereocenters. The van der Waals surface area contributed by atoms with Crippen LogP contribution in [0, 0.1) is 0 Å². The summed E-state index contributed by atoms with van der Waals surface area (Å²) in [4.78, 5) is 15.0. The summed E-state index contributed by atoms with van der Waals surface area (Å²) in [5.41, 5.74) is 1.60. The molecule has 1 fully saturated rings. The van der Waals surface area contributed by atoms with Crippen LogP contribution in [-0.2, 0) is 9.22 Å². The Balaban J connectivity index is 2.78. The topological polar surface area (TPSA) is 29.5 Å². The summed E-state index contributed by atoms with van der Waals surface area (Å²) in [7, 11) is -1.98. The Bertz CT molecular complexity index is 360. The summed E-state index contributed by atoms with van der Waals surface area (Å²) in [6, 6.07) is 0. The molecule has 0 aromatic rings. The van der Waals surface area contributed by atoms with E-state index >= 15 is 0 Å². The van der Waals surface area contributed by atoms with Crippen molar-refractivity contribution in [2.24, 2.45) is 0 Å². The average Bonchev–Trinajstić information content (AvgIpc) is 2.50. The number of carbonyl (C=O) groups excluding carboxylic acids is 1. The SMILES string of the molecule is CCCCCCN1CCCC(O[Si](C(C)C)(C(C)C)C(C)C)C1=O. The Morgan fingerprint density at radius 2 is 1.62 bits per heavy atom. The third-order valence-electron chi connectivity index (χ3n) is 5.82. The highest BCUT2D eigenvalue weighted by Gasteiger charge is 2.48. The average molecular weight is 356 g/mol. The van der Waals surface area contributed by atoms with Crippen LogP contribution in [0.5, 0.6) is 0 Å². The Morgan fingerprint density at radius 3 is 2.12 bits per heavy atom. The normalized spacial score (nSPS) is 19.8. The first-order valence-electron chi connectivity index (χ1n) is 10.2. The zero-order valence-corrected chi connectivity index (χ0v) is 18.2. The molecule has 1 saturated heterocycles. The van der Waals surface area contributed by atoms with Crippen molar-refractivity contribution in [1.82, 2.24) is 4.90 Å². The number of unbranched alkanes of at least 4 members (excludes halogenated alkanes) is 3. The molecule has 0 radical (unpaired) electrons. The third kappa shape index (κ3) is 5.07. The fourth-order valence-corrected chi connectivity index (χ4v) is 10.1. The van der Waals surface area contributed by atoms with Crippen LogP contribution in [0.3, 0.4) is 0 Å². The number of likely N-dealkylation sites (tertiary alicyclic amines) is 1. The minimum absolute atomic E-state index is 0.191. The number of rotatable bonds is 10. The molecule has 24 heavy (non-hydrogen) atoms. The van der Waals surface area contributed by atoms with Gasteiger partial charge in [-0.05, 0) is 35.9 Å². The molecule has 0 aliphatic carbocycles. The monoisotopic (exact) mass is 355 g/mol. The number of nitrogens with zero attached hydrogens (tertiary/aromatic N) is 1. The van der Waals surface area contributed by atoms with E-state index in [0.717, 1.165) is 32.4 Å². The van der Waals surface area contributed by atoms with Crippen LogP contribution in [0.4, 0.5) is 0 Å². The summed E-state index contributed by atoms with van der Waals surface area (Å²) >= 11 is 0. The molecule has 0 saturated carbocycles. The second-order valence-electron chi connectivity index (χ2n) is 8.45. The lowest BCUT2D eigenvalue weighted by Gasteiger charge is -2.46. The van der Waals surface area contributed by atoms with Crippen molar-refractivity contribution in [3.8, 4) is 0 Å². The predicted octanol–water partition coefficient (Wildman–Crippen LogP) is 5.75. The van der Waals surface area contributed by atoms with Crippen LogP contribution in [0.15, 0.2) is 0 Å². The fourth-order valence-electron chi connectivity index (χ4n) is 4.62. The van der Waals surface area contributed by atoms with Crippen molar-refractivity contribution in [1.29, 1.82) is 0 Å². The maximum Gasteiger partial charge on any atom is 0.250 e. The quantitative estimate of drug-likeness (QED) is 0.369. The molecular weight excluding hydrogens is 314 g/mol. The van der Waals surface area contributed by atoms with Gasteiger partial charge in [-0.15, -0.1) is 0 Å². The maximum absolute atomic E-state index is 13.0. The van der Waals surface area contributed by atoms with Crippen molar-refractivity contribution in [2.75, 3.05) is 13.1 Å². The van der Waals surface area contributed by atoms with E-state index in [1.54, 1.807) is 0 Å². The standard InChI is InChI=1S/C20H41NO2Si/c1-8-9-10-11-14-21-15-12-13-19(20(21)22)23-24(16(2)3,17(4)5)18(6)7/h16-19H,8-15H2,1-7H3. The van der Waals surface area contributed by atoms with E-state index in [9.17, 15) is 4.79 Å². The van der Waals surface area contributed by atoms with Crippen molar-refractivity contribution in [3.05, 3.63) is 0 Å². The zero-order chi connectivity index (χ0) is 18.3. The maximum atomic E-state index is 13.0. The summed E-state index contributed by atoms with van der Waals surface area (Å²) in [6.07, 6.45) is 6.68. The minimum Gasteiger partial charge on any atom is -0.404 e. The van der Waals surface area contributed by atoms with E-state index in [1.807, 2.05) is 0 Å². The first-order chi connectivity index (χ1) is 11.3. The van der Waals surface area contributed by atoms with Crippen LogP contribution in [0.1, 0.15) is 87.0 Å². The van der Waals surface area contributed by atoms with Gasteiger partial charge in [-0.1, -0.05) is 67.7 Å². The third-order valence-corrected chi connectivity index (χ3v) is 11.9. The van der Waals surface area contributed by atoms with Gasteiger partial charge in [-0.2, -0.15) is 0 Å². The summed E-state index contributed by atoms with van der Waals surface area (Å²) in [5, 5.41) is 0. The van der Waals surface area contributed by atoms with Gasteiger partial charge in [0.1, 0.15) is 6.10 Å². The van der Waals surface area contributed by atoms with Gasteiger partial charge in [0, 0.05) is 13.1 Å². The lowest BCUT2D eigenvalue weighted by atomic mass is 10.1.